The van der Waals surface area contributed by atoms with Crippen LogP contribution in [0.15, 0.2) is 33.6 Å². The lowest BCUT2D eigenvalue weighted by Crippen LogP contribution is -2.23. The lowest BCUT2D eigenvalue weighted by Gasteiger charge is -2.07. The van der Waals surface area contributed by atoms with Crippen molar-refractivity contribution in [3.05, 3.63) is 46.6 Å². The molecule has 0 bridgehead atoms. The highest BCUT2D eigenvalue weighted by molar-refractivity contribution is 7.89. The van der Waals surface area contributed by atoms with Gasteiger partial charge < -0.3 is 4.42 Å². The van der Waals surface area contributed by atoms with Crippen LogP contribution < -0.4 is 4.72 Å². The van der Waals surface area contributed by atoms with Gasteiger partial charge in [-0.15, -0.1) is 0 Å². The fourth-order valence-electron chi connectivity index (χ4n) is 1.64. The van der Waals surface area contributed by atoms with E-state index in [2.05, 4.69) is 9.71 Å². The van der Waals surface area contributed by atoms with E-state index in [9.17, 15) is 8.42 Å². The van der Waals surface area contributed by atoms with Gasteiger partial charge in [0.25, 0.3) is 0 Å². The van der Waals surface area contributed by atoms with Crippen molar-refractivity contribution in [2.45, 2.75) is 25.3 Å². The maximum absolute atomic E-state index is 12.1. The average molecular weight is 301 g/mol. The highest BCUT2D eigenvalue weighted by Crippen LogP contribution is 2.20. The quantitative estimate of drug-likeness (QED) is 0.941. The minimum Gasteiger partial charge on any atom is -0.444 e. The van der Waals surface area contributed by atoms with Crippen molar-refractivity contribution in [3.63, 3.8) is 0 Å². The Bertz CT molecular complexity index is 695. The Morgan fingerprint density at radius 1 is 1.32 bits per heavy atom. The van der Waals surface area contributed by atoms with Gasteiger partial charge in [0.05, 0.1) is 17.3 Å². The molecular weight excluding hydrogens is 288 g/mol. The van der Waals surface area contributed by atoms with Gasteiger partial charge in [-0.05, 0) is 19.1 Å². The van der Waals surface area contributed by atoms with Gasteiger partial charge in [-0.3, -0.25) is 0 Å². The molecular formula is C12H13ClN2O3S. The fourth-order valence-corrected chi connectivity index (χ4v) is 3.14. The molecule has 0 aliphatic heterocycles. The number of hydrogen-bond acceptors (Lipinski definition) is 4. The van der Waals surface area contributed by atoms with Crippen LogP contribution in [0.1, 0.15) is 17.3 Å². The molecule has 0 unspecified atom stereocenters. The first-order valence-electron chi connectivity index (χ1n) is 5.57. The van der Waals surface area contributed by atoms with E-state index < -0.39 is 10.0 Å². The molecule has 2 aromatic rings. The molecule has 1 aromatic heterocycles. The Kier molecular flexibility index (Phi) is 3.93. The molecule has 5 nitrogen and oxygen atoms in total. The molecule has 0 saturated carbocycles. The van der Waals surface area contributed by atoms with Gasteiger partial charge in [-0.2, -0.15) is 0 Å². The van der Waals surface area contributed by atoms with E-state index in [1.54, 1.807) is 26.0 Å². The summed E-state index contributed by atoms with van der Waals surface area (Å²) in [6, 6.07) is 6.26. The smallest absolute Gasteiger partial charge is 0.242 e. The molecule has 0 radical (unpaired) electrons. The molecule has 0 fully saturated rings. The number of nitrogens with zero attached hydrogens (tertiary/aromatic N) is 1. The molecule has 2 rings (SSSR count). The molecule has 0 aliphatic rings. The standard InChI is InChI=1S/C12H13ClN2O3S/c1-8-11(18-9(2)15-8)7-14-19(16,17)12-6-4-3-5-10(12)13/h3-6,14H,7H2,1-2H3. The summed E-state index contributed by atoms with van der Waals surface area (Å²) >= 11 is 5.87. The number of oxazole rings is 1. The number of halogens is 1. The number of aromatic nitrogens is 1. The Balaban J connectivity index is 2.19. The molecule has 19 heavy (non-hydrogen) atoms. The number of benzene rings is 1. The zero-order valence-corrected chi connectivity index (χ0v) is 12.0. The summed E-state index contributed by atoms with van der Waals surface area (Å²) in [7, 11) is -3.67. The second-order valence-corrected chi connectivity index (χ2v) is 6.14. The third kappa shape index (κ3) is 3.15. The molecule has 1 N–H and O–H groups in total. The zero-order valence-electron chi connectivity index (χ0n) is 10.5. The first-order chi connectivity index (χ1) is 8.90. The zero-order chi connectivity index (χ0) is 14.0. The van der Waals surface area contributed by atoms with Crippen LogP contribution in [0.25, 0.3) is 0 Å². The summed E-state index contributed by atoms with van der Waals surface area (Å²) in [4.78, 5) is 4.12. The largest absolute Gasteiger partial charge is 0.444 e. The number of aryl methyl sites for hydroxylation is 2. The normalized spacial score (nSPS) is 11.7. The van der Waals surface area contributed by atoms with Gasteiger partial charge in [-0.25, -0.2) is 18.1 Å². The van der Waals surface area contributed by atoms with E-state index in [-0.39, 0.29) is 16.5 Å². The molecule has 0 spiro atoms. The van der Waals surface area contributed by atoms with Crippen LogP contribution in [0.2, 0.25) is 5.02 Å². The fraction of sp³-hybridized carbons (Fsp3) is 0.250. The Hall–Kier alpha value is -1.37. The van der Waals surface area contributed by atoms with Crippen molar-refractivity contribution in [2.24, 2.45) is 0 Å². The SMILES string of the molecule is Cc1nc(C)c(CNS(=O)(=O)c2ccccc2Cl)o1. The van der Waals surface area contributed by atoms with E-state index in [0.29, 0.717) is 17.3 Å². The summed E-state index contributed by atoms with van der Waals surface area (Å²) in [5, 5.41) is 0.181. The van der Waals surface area contributed by atoms with Crippen LogP contribution >= 0.6 is 11.6 Å². The lowest BCUT2D eigenvalue weighted by molar-refractivity contribution is 0.466. The summed E-state index contributed by atoms with van der Waals surface area (Å²) in [5.74, 6) is 0.998. The van der Waals surface area contributed by atoms with Crippen molar-refractivity contribution >= 4 is 21.6 Å². The topological polar surface area (TPSA) is 72.2 Å². The summed E-state index contributed by atoms with van der Waals surface area (Å²) in [6.45, 7) is 3.51. The van der Waals surface area contributed by atoms with Gasteiger partial charge in [0.2, 0.25) is 10.0 Å². The number of nitrogens with one attached hydrogen (secondary N) is 1. The Morgan fingerprint density at radius 3 is 2.58 bits per heavy atom. The highest BCUT2D eigenvalue weighted by Gasteiger charge is 2.18. The van der Waals surface area contributed by atoms with Crippen molar-refractivity contribution in [1.29, 1.82) is 0 Å². The second-order valence-electron chi connectivity index (χ2n) is 4.00. The second kappa shape index (κ2) is 5.32. The first-order valence-corrected chi connectivity index (χ1v) is 7.43. The molecule has 1 aromatic carbocycles. The maximum atomic E-state index is 12.1. The predicted molar refractivity (Wildman–Crippen MR) is 71.5 cm³/mol. The van der Waals surface area contributed by atoms with Crippen molar-refractivity contribution in [1.82, 2.24) is 9.71 Å². The van der Waals surface area contributed by atoms with Crippen molar-refractivity contribution in [2.75, 3.05) is 0 Å². The number of rotatable bonds is 4. The first kappa shape index (κ1) is 14.0. The van der Waals surface area contributed by atoms with Crippen LogP contribution in [0.4, 0.5) is 0 Å². The van der Waals surface area contributed by atoms with Crippen molar-refractivity contribution < 1.29 is 12.8 Å². The Labute approximate surface area is 116 Å². The maximum Gasteiger partial charge on any atom is 0.242 e. The highest BCUT2D eigenvalue weighted by atomic mass is 35.5. The van der Waals surface area contributed by atoms with Gasteiger partial charge in [0, 0.05) is 6.92 Å². The molecule has 102 valence electrons. The lowest BCUT2D eigenvalue weighted by atomic mass is 10.4. The Morgan fingerprint density at radius 2 is 2.00 bits per heavy atom. The van der Waals surface area contributed by atoms with E-state index in [1.165, 1.54) is 12.1 Å². The third-order valence-corrected chi connectivity index (χ3v) is 4.45. The van der Waals surface area contributed by atoms with Gasteiger partial charge in [-0.1, -0.05) is 23.7 Å². The van der Waals surface area contributed by atoms with Crippen LogP contribution in [0.5, 0.6) is 0 Å². The molecule has 0 amide bonds. The van der Waals surface area contributed by atoms with E-state index in [0.717, 1.165) is 0 Å². The molecule has 7 heteroatoms. The van der Waals surface area contributed by atoms with Gasteiger partial charge in [0.1, 0.15) is 10.7 Å². The van der Waals surface area contributed by atoms with Crippen LogP contribution in [0.3, 0.4) is 0 Å². The minimum atomic E-state index is -3.67. The van der Waals surface area contributed by atoms with E-state index in [1.807, 2.05) is 0 Å². The van der Waals surface area contributed by atoms with Crippen LogP contribution in [0, 0.1) is 13.8 Å². The number of hydrogen-bond donors (Lipinski definition) is 1. The monoisotopic (exact) mass is 300 g/mol. The predicted octanol–water partition coefficient (Wildman–Crippen LogP) is 2.42. The van der Waals surface area contributed by atoms with E-state index >= 15 is 0 Å². The minimum absolute atomic E-state index is 0.0419. The average Bonchev–Trinajstić information content (AvgIpc) is 2.66. The molecule has 1 heterocycles. The number of sulfonamides is 1. The molecule has 0 saturated heterocycles. The van der Waals surface area contributed by atoms with Crippen LogP contribution in [-0.2, 0) is 16.6 Å². The van der Waals surface area contributed by atoms with Gasteiger partial charge >= 0.3 is 0 Å². The van der Waals surface area contributed by atoms with Gasteiger partial charge in [0.15, 0.2) is 5.89 Å². The van der Waals surface area contributed by atoms with E-state index in [4.69, 9.17) is 16.0 Å². The summed E-state index contributed by atoms with van der Waals surface area (Å²) < 4.78 is 31.9. The molecule has 0 atom stereocenters. The summed E-state index contributed by atoms with van der Waals surface area (Å²) in [5.41, 5.74) is 0.666. The van der Waals surface area contributed by atoms with Crippen molar-refractivity contribution in [3.8, 4) is 0 Å². The molecule has 0 aliphatic carbocycles. The summed E-state index contributed by atoms with van der Waals surface area (Å²) in [6.07, 6.45) is 0. The van der Waals surface area contributed by atoms with Crippen LogP contribution in [-0.4, -0.2) is 13.4 Å². The third-order valence-electron chi connectivity index (χ3n) is 2.55.